The van der Waals surface area contributed by atoms with Crippen molar-refractivity contribution >= 4 is 56.1 Å². The molecule has 1 aromatic heterocycles. The molecule has 0 N–H and O–H groups in total. The Morgan fingerprint density at radius 1 is 0.339 bits per heavy atom. The molecule has 0 saturated carbocycles. The first kappa shape index (κ1) is 33.3. The summed E-state index contributed by atoms with van der Waals surface area (Å²) in [6, 6.07) is 77.6. The minimum absolute atomic E-state index is 0.540. The van der Waals surface area contributed by atoms with Crippen LogP contribution in [0.1, 0.15) is 22.3 Å². The largest absolute Gasteiger partial charge is 0.457 e. The van der Waals surface area contributed by atoms with Gasteiger partial charge in [0.15, 0.2) is 0 Å². The third kappa shape index (κ3) is 4.96. The Kier molecular flexibility index (Phi) is 7.41. The molecule has 4 nitrogen and oxygen atoms in total. The van der Waals surface area contributed by atoms with E-state index in [0.29, 0.717) is 0 Å². The highest BCUT2D eigenvalue weighted by atomic mass is 16.5. The van der Waals surface area contributed by atoms with Crippen LogP contribution in [0.5, 0.6) is 11.5 Å². The van der Waals surface area contributed by atoms with Crippen molar-refractivity contribution in [3.63, 3.8) is 0 Å². The van der Waals surface area contributed by atoms with Crippen LogP contribution in [0.15, 0.2) is 223 Å². The summed E-state index contributed by atoms with van der Waals surface area (Å²) in [5.74, 6) is 1.70. The van der Waals surface area contributed by atoms with E-state index in [4.69, 9.17) is 9.15 Å². The maximum atomic E-state index is 7.00. The lowest BCUT2D eigenvalue weighted by atomic mass is 9.66. The number of benzene rings is 9. The molecule has 0 saturated heterocycles. The third-order valence-corrected chi connectivity index (χ3v) is 12.1. The smallest absolute Gasteiger partial charge is 0.137 e. The molecule has 1 aliphatic carbocycles. The molecule has 0 bridgehead atoms. The summed E-state index contributed by atoms with van der Waals surface area (Å²) < 4.78 is 13.5. The molecule has 9 aromatic carbocycles. The Morgan fingerprint density at radius 2 is 0.847 bits per heavy atom. The Balaban J connectivity index is 1.08. The number of fused-ring (bicyclic) bond motifs is 12. The van der Waals surface area contributed by atoms with Gasteiger partial charge in [0.05, 0.1) is 16.5 Å². The quantitative estimate of drug-likeness (QED) is 0.169. The minimum atomic E-state index is -0.540. The van der Waals surface area contributed by atoms with Crippen LogP contribution in [-0.4, -0.2) is 0 Å². The van der Waals surface area contributed by atoms with Gasteiger partial charge in [0.1, 0.15) is 22.7 Å². The van der Waals surface area contributed by atoms with E-state index < -0.39 is 5.41 Å². The summed E-state index contributed by atoms with van der Waals surface area (Å²) >= 11 is 0. The number of rotatable bonds is 6. The van der Waals surface area contributed by atoms with Gasteiger partial charge < -0.3 is 19.0 Å². The summed E-state index contributed by atoms with van der Waals surface area (Å²) in [4.78, 5) is 4.64. The van der Waals surface area contributed by atoms with Crippen molar-refractivity contribution in [1.29, 1.82) is 0 Å². The number of furan rings is 1. The Bertz CT molecular complexity index is 3120. The molecule has 2 aliphatic rings. The average molecular weight is 757 g/mol. The van der Waals surface area contributed by atoms with Gasteiger partial charge in [0.2, 0.25) is 0 Å². The molecule has 12 rings (SSSR count). The van der Waals surface area contributed by atoms with E-state index in [9.17, 15) is 0 Å². The second-order valence-corrected chi connectivity index (χ2v) is 15.2. The van der Waals surface area contributed by atoms with E-state index >= 15 is 0 Å². The van der Waals surface area contributed by atoms with Gasteiger partial charge in [0.25, 0.3) is 0 Å². The molecule has 0 amide bonds. The van der Waals surface area contributed by atoms with Crippen LogP contribution in [0.3, 0.4) is 0 Å². The van der Waals surface area contributed by atoms with E-state index in [0.717, 1.165) is 78.7 Å². The summed E-state index contributed by atoms with van der Waals surface area (Å²) in [6.45, 7) is 0. The first-order chi connectivity index (χ1) is 29.3. The highest BCUT2D eigenvalue weighted by Crippen LogP contribution is 2.62. The SMILES string of the molecule is c1ccc(N(c2ccccc2)c2ccc(N(c3ccc4c(c3)Oc3ccccc3C43c4ccccc4-c4ccccc43)c3cccc4oc5ccccc5c34)cc2)cc1. The van der Waals surface area contributed by atoms with Crippen LogP contribution >= 0.6 is 0 Å². The third-order valence-electron chi connectivity index (χ3n) is 12.1. The predicted molar refractivity (Wildman–Crippen MR) is 240 cm³/mol. The van der Waals surface area contributed by atoms with Crippen LogP contribution in [0.2, 0.25) is 0 Å². The zero-order valence-corrected chi connectivity index (χ0v) is 32.0. The standard InChI is InChI=1S/C55H36N2O2/c1-3-16-37(17-4-1)56(38-18-5-2-6-19-38)39-30-32-40(33-31-39)57(49-26-15-29-52-54(49)44-22-9-13-27-50(44)58-52)41-34-35-48-53(36-41)59-51-28-14-12-25-47(51)55(48)45-23-10-7-20-42(45)43-21-8-11-24-46(43)55/h1-36H. The molecule has 278 valence electrons. The number of hydrogen-bond donors (Lipinski definition) is 0. The molecular weight excluding hydrogens is 721 g/mol. The Hall–Kier alpha value is -7.82. The lowest BCUT2D eigenvalue weighted by molar-refractivity contribution is 0.436. The first-order valence-electron chi connectivity index (χ1n) is 20.1. The van der Waals surface area contributed by atoms with Gasteiger partial charge in [-0.25, -0.2) is 0 Å². The first-order valence-corrected chi connectivity index (χ1v) is 20.1. The Labute approximate surface area is 342 Å². The number of nitrogens with zero attached hydrogens (tertiary/aromatic N) is 2. The van der Waals surface area contributed by atoms with E-state index in [1.54, 1.807) is 0 Å². The maximum absolute atomic E-state index is 7.00. The summed E-state index contributed by atoms with van der Waals surface area (Å²) in [7, 11) is 0. The fourth-order valence-corrected chi connectivity index (χ4v) is 9.71. The van der Waals surface area contributed by atoms with E-state index in [2.05, 4.69) is 216 Å². The monoisotopic (exact) mass is 756 g/mol. The van der Waals surface area contributed by atoms with Gasteiger partial charge in [0, 0.05) is 51.0 Å². The molecule has 0 radical (unpaired) electrons. The highest BCUT2D eigenvalue weighted by Gasteiger charge is 2.51. The fourth-order valence-electron chi connectivity index (χ4n) is 9.71. The second-order valence-electron chi connectivity index (χ2n) is 15.2. The molecule has 0 atom stereocenters. The fraction of sp³-hybridized carbons (Fsp3) is 0.0182. The zero-order chi connectivity index (χ0) is 38.9. The topological polar surface area (TPSA) is 28.9 Å². The van der Waals surface area contributed by atoms with Crippen molar-refractivity contribution in [3.8, 4) is 22.6 Å². The van der Waals surface area contributed by atoms with Crippen LogP contribution in [-0.2, 0) is 5.41 Å². The second kappa shape index (κ2) is 13.1. The average Bonchev–Trinajstić information content (AvgIpc) is 3.83. The molecule has 1 aliphatic heterocycles. The molecule has 10 aromatic rings. The van der Waals surface area contributed by atoms with Gasteiger partial charge >= 0.3 is 0 Å². The van der Waals surface area contributed by atoms with Crippen molar-refractivity contribution < 1.29 is 9.15 Å². The molecule has 0 unspecified atom stereocenters. The van der Waals surface area contributed by atoms with Crippen molar-refractivity contribution in [2.24, 2.45) is 0 Å². The van der Waals surface area contributed by atoms with Crippen molar-refractivity contribution in [3.05, 3.63) is 241 Å². The molecular formula is C55H36N2O2. The van der Waals surface area contributed by atoms with Gasteiger partial charge in [-0.1, -0.05) is 133 Å². The van der Waals surface area contributed by atoms with Gasteiger partial charge in [-0.2, -0.15) is 0 Å². The van der Waals surface area contributed by atoms with E-state index in [1.807, 2.05) is 12.1 Å². The van der Waals surface area contributed by atoms with Gasteiger partial charge in [-0.05, 0) is 101 Å². The molecule has 4 heteroatoms. The lowest BCUT2D eigenvalue weighted by Gasteiger charge is -2.40. The molecule has 0 fully saturated rings. The lowest BCUT2D eigenvalue weighted by Crippen LogP contribution is -2.32. The van der Waals surface area contributed by atoms with Gasteiger partial charge in [-0.3, -0.25) is 0 Å². The minimum Gasteiger partial charge on any atom is -0.457 e. The predicted octanol–water partition coefficient (Wildman–Crippen LogP) is 15.0. The Morgan fingerprint density at radius 3 is 1.54 bits per heavy atom. The van der Waals surface area contributed by atoms with Crippen LogP contribution in [0.4, 0.5) is 34.1 Å². The zero-order valence-electron chi connectivity index (χ0n) is 32.0. The van der Waals surface area contributed by atoms with Crippen LogP contribution in [0, 0.1) is 0 Å². The van der Waals surface area contributed by atoms with E-state index in [1.165, 1.54) is 22.3 Å². The van der Waals surface area contributed by atoms with E-state index in [-0.39, 0.29) is 0 Å². The normalized spacial score (nSPS) is 13.0. The summed E-state index contributed by atoms with van der Waals surface area (Å²) in [6.07, 6.45) is 0. The number of hydrogen-bond acceptors (Lipinski definition) is 4. The molecule has 1 spiro atoms. The summed E-state index contributed by atoms with van der Waals surface area (Å²) in [5.41, 5.74) is 14.8. The number of ether oxygens (including phenoxy) is 1. The maximum Gasteiger partial charge on any atom is 0.137 e. The van der Waals surface area contributed by atoms with Crippen LogP contribution in [0.25, 0.3) is 33.1 Å². The molecule has 59 heavy (non-hydrogen) atoms. The molecule has 2 heterocycles. The van der Waals surface area contributed by atoms with Crippen LogP contribution < -0.4 is 14.5 Å². The van der Waals surface area contributed by atoms with Crippen molar-refractivity contribution in [2.75, 3.05) is 9.80 Å². The van der Waals surface area contributed by atoms with Crippen molar-refractivity contribution in [2.45, 2.75) is 5.41 Å². The van der Waals surface area contributed by atoms with Gasteiger partial charge in [-0.15, -0.1) is 0 Å². The number of para-hydroxylation sites is 4. The highest BCUT2D eigenvalue weighted by molar-refractivity contribution is 6.13. The number of anilines is 6. The van der Waals surface area contributed by atoms with Crippen molar-refractivity contribution in [1.82, 2.24) is 0 Å². The summed E-state index contributed by atoms with van der Waals surface area (Å²) in [5, 5.41) is 2.13.